The maximum absolute atomic E-state index is 12.6. The molecule has 0 radical (unpaired) electrons. The second-order valence-corrected chi connectivity index (χ2v) is 5.18. The number of ether oxygens (including phenoxy) is 2. The van der Waals surface area contributed by atoms with Crippen LogP contribution in [0.5, 0.6) is 5.75 Å². The lowest BCUT2D eigenvalue weighted by molar-refractivity contribution is -0.154. The number of carbonyl (C=O) groups excluding carboxylic acids is 2. The number of pyridine rings is 1. The highest BCUT2D eigenvalue weighted by molar-refractivity contribution is 5.98. The second-order valence-electron chi connectivity index (χ2n) is 5.18. The smallest absolute Gasteiger partial charge is 0.304 e. The molecule has 0 N–H and O–H groups in total. The van der Waals surface area contributed by atoms with Crippen molar-refractivity contribution >= 4 is 11.9 Å². The molecule has 23 heavy (non-hydrogen) atoms. The van der Waals surface area contributed by atoms with Crippen molar-refractivity contribution in [3.8, 4) is 5.75 Å². The SMILES string of the molecule is COc1ccc(CN2C(=O)c3cccnc3C2OC(C)=O)cc1. The van der Waals surface area contributed by atoms with E-state index in [0.717, 1.165) is 11.3 Å². The molecule has 1 unspecified atom stereocenters. The van der Waals surface area contributed by atoms with E-state index in [1.54, 1.807) is 25.4 Å². The summed E-state index contributed by atoms with van der Waals surface area (Å²) in [5, 5.41) is 0. The average molecular weight is 312 g/mol. The van der Waals surface area contributed by atoms with Crippen molar-refractivity contribution in [1.29, 1.82) is 0 Å². The van der Waals surface area contributed by atoms with Gasteiger partial charge in [0.15, 0.2) is 0 Å². The molecule has 3 rings (SSSR count). The third-order valence-electron chi connectivity index (χ3n) is 3.64. The Morgan fingerprint density at radius 3 is 2.65 bits per heavy atom. The summed E-state index contributed by atoms with van der Waals surface area (Å²) in [6.07, 6.45) is 0.790. The van der Waals surface area contributed by atoms with Crippen molar-refractivity contribution in [2.45, 2.75) is 19.7 Å². The number of amides is 1. The van der Waals surface area contributed by atoms with Crippen molar-refractivity contribution in [1.82, 2.24) is 9.88 Å². The second kappa shape index (κ2) is 6.08. The molecule has 1 atom stereocenters. The van der Waals surface area contributed by atoms with Crippen LogP contribution in [0.25, 0.3) is 0 Å². The summed E-state index contributed by atoms with van der Waals surface area (Å²) < 4.78 is 10.4. The Labute approximate surface area is 133 Å². The number of nitrogens with zero attached hydrogens (tertiary/aromatic N) is 2. The van der Waals surface area contributed by atoms with Crippen molar-refractivity contribution in [2.24, 2.45) is 0 Å². The Morgan fingerprint density at radius 2 is 2.00 bits per heavy atom. The summed E-state index contributed by atoms with van der Waals surface area (Å²) in [6, 6.07) is 10.8. The molecular formula is C17H16N2O4. The number of methoxy groups -OCH3 is 1. The van der Waals surface area contributed by atoms with Gasteiger partial charge in [-0.25, -0.2) is 0 Å². The number of aromatic nitrogens is 1. The zero-order chi connectivity index (χ0) is 16.4. The lowest BCUT2D eigenvalue weighted by atomic mass is 10.2. The van der Waals surface area contributed by atoms with E-state index >= 15 is 0 Å². The Morgan fingerprint density at radius 1 is 1.26 bits per heavy atom. The van der Waals surface area contributed by atoms with Crippen LogP contribution >= 0.6 is 0 Å². The summed E-state index contributed by atoms with van der Waals surface area (Å²) in [5.41, 5.74) is 1.84. The van der Waals surface area contributed by atoms with Crippen LogP contribution in [-0.2, 0) is 16.1 Å². The van der Waals surface area contributed by atoms with Crippen LogP contribution in [0, 0.1) is 0 Å². The summed E-state index contributed by atoms with van der Waals surface area (Å²) >= 11 is 0. The van der Waals surface area contributed by atoms with Gasteiger partial charge in [-0.1, -0.05) is 12.1 Å². The summed E-state index contributed by atoms with van der Waals surface area (Å²) in [7, 11) is 1.60. The zero-order valence-electron chi connectivity index (χ0n) is 12.9. The number of esters is 1. The molecule has 0 saturated carbocycles. The van der Waals surface area contributed by atoms with Crippen molar-refractivity contribution in [2.75, 3.05) is 7.11 Å². The van der Waals surface area contributed by atoms with Crippen LogP contribution in [0.4, 0.5) is 0 Å². The number of benzene rings is 1. The molecule has 6 nitrogen and oxygen atoms in total. The van der Waals surface area contributed by atoms with Crippen LogP contribution in [0.3, 0.4) is 0 Å². The molecule has 1 aliphatic heterocycles. The Kier molecular flexibility index (Phi) is 3.97. The van der Waals surface area contributed by atoms with Gasteiger partial charge in [-0.15, -0.1) is 0 Å². The molecule has 6 heteroatoms. The van der Waals surface area contributed by atoms with Gasteiger partial charge in [0.1, 0.15) is 11.4 Å². The highest BCUT2D eigenvalue weighted by atomic mass is 16.6. The first kappa shape index (κ1) is 15.0. The lowest BCUT2D eigenvalue weighted by Gasteiger charge is -2.24. The highest BCUT2D eigenvalue weighted by Gasteiger charge is 2.39. The summed E-state index contributed by atoms with van der Waals surface area (Å²) in [6.45, 7) is 1.63. The Hall–Kier alpha value is -2.89. The molecule has 1 aromatic carbocycles. The van der Waals surface area contributed by atoms with E-state index in [1.165, 1.54) is 11.8 Å². The minimum absolute atomic E-state index is 0.199. The van der Waals surface area contributed by atoms with Crippen molar-refractivity contribution in [3.63, 3.8) is 0 Å². The van der Waals surface area contributed by atoms with E-state index in [1.807, 2.05) is 24.3 Å². The Balaban J connectivity index is 1.90. The highest BCUT2D eigenvalue weighted by Crippen LogP contribution is 2.34. The third kappa shape index (κ3) is 2.88. The molecule has 1 aliphatic rings. The van der Waals surface area contributed by atoms with Crippen LogP contribution < -0.4 is 4.74 Å². The summed E-state index contributed by atoms with van der Waals surface area (Å²) in [4.78, 5) is 29.7. The van der Waals surface area contributed by atoms with Crippen molar-refractivity contribution in [3.05, 3.63) is 59.4 Å². The molecule has 0 aliphatic carbocycles. The first-order valence-corrected chi connectivity index (χ1v) is 7.16. The molecular weight excluding hydrogens is 296 g/mol. The van der Waals surface area contributed by atoms with E-state index in [9.17, 15) is 9.59 Å². The number of carbonyl (C=O) groups is 2. The summed E-state index contributed by atoms with van der Waals surface area (Å²) in [5.74, 6) is 0.0826. The number of rotatable bonds is 4. The molecule has 1 amide bonds. The molecule has 0 fully saturated rings. The van der Waals surface area contributed by atoms with Gasteiger partial charge in [-0.2, -0.15) is 0 Å². The first-order valence-electron chi connectivity index (χ1n) is 7.16. The van der Waals surface area contributed by atoms with E-state index in [0.29, 0.717) is 17.8 Å². The number of fused-ring (bicyclic) bond motifs is 1. The monoisotopic (exact) mass is 312 g/mol. The number of hydrogen-bond donors (Lipinski definition) is 0. The Bertz CT molecular complexity index is 743. The first-order chi connectivity index (χ1) is 11.1. The fourth-order valence-electron chi connectivity index (χ4n) is 2.56. The molecule has 0 saturated heterocycles. The van der Waals surface area contributed by atoms with Gasteiger partial charge >= 0.3 is 5.97 Å². The predicted octanol–water partition coefficient (Wildman–Crippen LogP) is 2.31. The molecule has 0 spiro atoms. The topological polar surface area (TPSA) is 68.7 Å². The van der Waals surface area contributed by atoms with E-state index in [4.69, 9.17) is 9.47 Å². The maximum atomic E-state index is 12.6. The van der Waals surface area contributed by atoms with E-state index in [2.05, 4.69) is 4.98 Å². The van der Waals surface area contributed by atoms with Crippen molar-refractivity contribution < 1.29 is 19.1 Å². The lowest BCUT2D eigenvalue weighted by Crippen LogP contribution is -2.30. The van der Waals surface area contributed by atoms with Crippen LogP contribution in [-0.4, -0.2) is 28.9 Å². The van der Waals surface area contributed by atoms with Gasteiger partial charge in [0.2, 0.25) is 6.23 Å². The fourth-order valence-corrected chi connectivity index (χ4v) is 2.56. The maximum Gasteiger partial charge on any atom is 0.304 e. The van der Waals surface area contributed by atoms with Gasteiger partial charge in [0, 0.05) is 19.7 Å². The van der Waals surface area contributed by atoms with Gasteiger partial charge in [0.25, 0.3) is 5.91 Å². The zero-order valence-corrected chi connectivity index (χ0v) is 12.9. The standard InChI is InChI=1S/C17H16N2O4/c1-11(20)23-17-15-14(4-3-9-18-15)16(21)19(17)10-12-5-7-13(22-2)8-6-12/h3-9,17H,10H2,1-2H3. The van der Waals surface area contributed by atoms with Crippen LogP contribution in [0.1, 0.15) is 34.8 Å². The van der Waals surface area contributed by atoms with Crippen LogP contribution in [0.2, 0.25) is 0 Å². The third-order valence-corrected chi connectivity index (χ3v) is 3.64. The predicted molar refractivity (Wildman–Crippen MR) is 81.6 cm³/mol. The normalized spacial score (nSPS) is 16.2. The minimum atomic E-state index is -0.793. The fraction of sp³-hybridized carbons (Fsp3) is 0.235. The molecule has 118 valence electrons. The largest absolute Gasteiger partial charge is 0.497 e. The van der Waals surface area contributed by atoms with E-state index in [-0.39, 0.29) is 5.91 Å². The number of hydrogen-bond acceptors (Lipinski definition) is 5. The van der Waals surface area contributed by atoms with Gasteiger partial charge < -0.3 is 9.47 Å². The van der Waals surface area contributed by atoms with Gasteiger partial charge in [-0.3, -0.25) is 19.5 Å². The van der Waals surface area contributed by atoms with Gasteiger partial charge in [0.05, 0.1) is 12.7 Å². The van der Waals surface area contributed by atoms with E-state index < -0.39 is 12.2 Å². The molecule has 0 bridgehead atoms. The minimum Gasteiger partial charge on any atom is -0.497 e. The molecule has 2 aromatic rings. The quantitative estimate of drug-likeness (QED) is 0.810. The molecule has 2 heterocycles. The van der Waals surface area contributed by atoms with Crippen LogP contribution in [0.15, 0.2) is 42.6 Å². The molecule has 1 aromatic heterocycles. The average Bonchev–Trinajstić information content (AvgIpc) is 2.81. The van der Waals surface area contributed by atoms with Gasteiger partial charge in [-0.05, 0) is 29.8 Å².